The van der Waals surface area contributed by atoms with Crippen molar-refractivity contribution < 1.29 is 9.90 Å². The number of amides is 1. The molecule has 0 radical (unpaired) electrons. The summed E-state index contributed by atoms with van der Waals surface area (Å²) in [5.41, 5.74) is -0.653. The highest BCUT2D eigenvalue weighted by Crippen LogP contribution is 2.33. The van der Waals surface area contributed by atoms with E-state index in [1.54, 1.807) is 0 Å². The highest BCUT2D eigenvalue weighted by Gasteiger charge is 2.38. The van der Waals surface area contributed by atoms with Crippen molar-refractivity contribution in [1.29, 1.82) is 0 Å². The average molecular weight is 282 g/mol. The van der Waals surface area contributed by atoms with Gasteiger partial charge < -0.3 is 15.3 Å². The lowest BCUT2D eigenvalue weighted by Crippen LogP contribution is -2.56. The maximum absolute atomic E-state index is 12.5. The van der Waals surface area contributed by atoms with Crippen molar-refractivity contribution in [2.75, 3.05) is 19.6 Å². The van der Waals surface area contributed by atoms with Crippen molar-refractivity contribution in [1.82, 2.24) is 10.2 Å². The first kappa shape index (κ1) is 15.8. The molecule has 2 aliphatic rings. The second-order valence-corrected chi connectivity index (χ2v) is 6.83. The topological polar surface area (TPSA) is 52.6 Å². The van der Waals surface area contributed by atoms with Gasteiger partial charge in [-0.1, -0.05) is 26.7 Å². The van der Waals surface area contributed by atoms with Crippen LogP contribution in [0.2, 0.25) is 0 Å². The molecule has 0 bridgehead atoms. The molecule has 4 nitrogen and oxygen atoms in total. The number of hydrogen-bond donors (Lipinski definition) is 2. The van der Waals surface area contributed by atoms with Crippen molar-refractivity contribution in [3.63, 3.8) is 0 Å². The molecule has 0 aromatic carbocycles. The summed E-state index contributed by atoms with van der Waals surface area (Å²) in [6, 6.07) is -0.0340. The Morgan fingerprint density at radius 1 is 1.40 bits per heavy atom. The van der Waals surface area contributed by atoms with E-state index in [1.807, 2.05) is 4.90 Å². The van der Waals surface area contributed by atoms with Gasteiger partial charge in [0, 0.05) is 13.1 Å². The van der Waals surface area contributed by atoms with Gasteiger partial charge in [0.15, 0.2) is 0 Å². The second-order valence-electron chi connectivity index (χ2n) is 6.83. The van der Waals surface area contributed by atoms with E-state index in [-0.39, 0.29) is 11.9 Å². The summed E-state index contributed by atoms with van der Waals surface area (Å²) < 4.78 is 0. The number of nitrogens with one attached hydrogen (secondary N) is 1. The molecule has 2 fully saturated rings. The molecule has 1 aliphatic carbocycles. The lowest BCUT2D eigenvalue weighted by atomic mass is 9.78. The van der Waals surface area contributed by atoms with Gasteiger partial charge in [0.05, 0.1) is 11.6 Å². The number of likely N-dealkylation sites (tertiary alicyclic amines) is 1. The normalized spacial score (nSPS) is 35.4. The molecule has 1 heterocycles. The van der Waals surface area contributed by atoms with Crippen molar-refractivity contribution >= 4 is 5.91 Å². The smallest absolute Gasteiger partial charge is 0.239 e. The zero-order valence-corrected chi connectivity index (χ0v) is 13.0. The molecule has 1 saturated carbocycles. The first-order valence-electron chi connectivity index (χ1n) is 8.28. The molecule has 1 amide bonds. The van der Waals surface area contributed by atoms with Gasteiger partial charge in [-0.2, -0.15) is 0 Å². The third-order valence-corrected chi connectivity index (χ3v) is 4.72. The van der Waals surface area contributed by atoms with Crippen molar-refractivity contribution in [3.05, 3.63) is 0 Å². The molecule has 1 saturated heterocycles. The number of β-amino-alcohol motifs (C(OH)–C–C–N with tert-alkyl or cyclic N) is 1. The number of nitrogens with zero attached hydrogens (tertiary/aromatic N) is 1. The Kier molecular flexibility index (Phi) is 5.44. The largest absolute Gasteiger partial charge is 0.388 e. The number of carbonyl (C=O) groups excluding carboxylic acids is 1. The minimum Gasteiger partial charge on any atom is -0.388 e. The van der Waals surface area contributed by atoms with Crippen LogP contribution in [-0.4, -0.2) is 47.2 Å². The molecular formula is C16H30N2O2. The SMILES string of the molecule is CCCNC1CCCN(CC2(O)CCCC(C)C2)C1=O. The van der Waals surface area contributed by atoms with Gasteiger partial charge in [-0.25, -0.2) is 0 Å². The number of aliphatic hydroxyl groups is 1. The quantitative estimate of drug-likeness (QED) is 0.810. The maximum atomic E-state index is 12.5. The number of piperidine rings is 1. The minimum absolute atomic E-state index is 0.0340. The Morgan fingerprint density at radius 2 is 2.20 bits per heavy atom. The van der Waals surface area contributed by atoms with E-state index >= 15 is 0 Å². The molecule has 20 heavy (non-hydrogen) atoms. The van der Waals surface area contributed by atoms with E-state index in [2.05, 4.69) is 19.2 Å². The van der Waals surface area contributed by atoms with Crippen LogP contribution in [0.4, 0.5) is 0 Å². The van der Waals surface area contributed by atoms with E-state index in [0.717, 1.165) is 51.6 Å². The summed E-state index contributed by atoms with van der Waals surface area (Å²) in [7, 11) is 0. The van der Waals surface area contributed by atoms with Crippen LogP contribution in [0.5, 0.6) is 0 Å². The van der Waals surface area contributed by atoms with E-state index in [1.165, 1.54) is 6.42 Å². The van der Waals surface area contributed by atoms with Crippen molar-refractivity contribution in [2.45, 2.75) is 70.4 Å². The highest BCUT2D eigenvalue weighted by molar-refractivity contribution is 5.82. The Hall–Kier alpha value is -0.610. The minimum atomic E-state index is -0.653. The fraction of sp³-hybridized carbons (Fsp3) is 0.938. The molecule has 1 aliphatic heterocycles. The summed E-state index contributed by atoms with van der Waals surface area (Å²) in [5.74, 6) is 0.763. The van der Waals surface area contributed by atoms with E-state index in [4.69, 9.17) is 0 Å². The Labute approximate surface area is 122 Å². The molecule has 116 valence electrons. The van der Waals surface area contributed by atoms with Gasteiger partial charge in [-0.05, 0) is 44.6 Å². The predicted octanol–water partition coefficient (Wildman–Crippen LogP) is 1.92. The molecule has 4 heteroatoms. The van der Waals surface area contributed by atoms with Crippen LogP contribution in [0.1, 0.15) is 58.8 Å². The predicted molar refractivity (Wildman–Crippen MR) is 80.5 cm³/mol. The van der Waals surface area contributed by atoms with Gasteiger partial charge in [-0.15, -0.1) is 0 Å². The van der Waals surface area contributed by atoms with Crippen molar-refractivity contribution in [3.8, 4) is 0 Å². The van der Waals surface area contributed by atoms with Crippen LogP contribution in [-0.2, 0) is 4.79 Å². The Morgan fingerprint density at radius 3 is 2.90 bits per heavy atom. The van der Waals surface area contributed by atoms with Gasteiger partial charge in [0.2, 0.25) is 5.91 Å². The van der Waals surface area contributed by atoms with Crippen LogP contribution < -0.4 is 5.32 Å². The zero-order valence-electron chi connectivity index (χ0n) is 13.0. The van der Waals surface area contributed by atoms with Crippen LogP contribution in [0.25, 0.3) is 0 Å². The molecule has 3 atom stereocenters. The third kappa shape index (κ3) is 3.95. The summed E-state index contributed by atoms with van der Waals surface area (Å²) in [5, 5.41) is 14.1. The first-order valence-corrected chi connectivity index (χ1v) is 8.28. The number of carbonyl (C=O) groups is 1. The summed E-state index contributed by atoms with van der Waals surface area (Å²) in [6.07, 6.45) is 6.99. The van der Waals surface area contributed by atoms with E-state index < -0.39 is 5.60 Å². The highest BCUT2D eigenvalue weighted by atomic mass is 16.3. The summed E-state index contributed by atoms with van der Waals surface area (Å²) in [6.45, 7) is 6.55. The average Bonchev–Trinajstić information content (AvgIpc) is 2.39. The van der Waals surface area contributed by atoms with Crippen LogP contribution in [0.15, 0.2) is 0 Å². The van der Waals surface area contributed by atoms with Crippen LogP contribution in [0.3, 0.4) is 0 Å². The molecule has 2 N–H and O–H groups in total. The van der Waals surface area contributed by atoms with Gasteiger partial charge in [-0.3, -0.25) is 4.79 Å². The fourth-order valence-corrected chi connectivity index (χ4v) is 3.74. The lowest BCUT2D eigenvalue weighted by Gasteiger charge is -2.42. The zero-order chi connectivity index (χ0) is 14.6. The molecular weight excluding hydrogens is 252 g/mol. The van der Waals surface area contributed by atoms with Gasteiger partial charge in [0.25, 0.3) is 0 Å². The summed E-state index contributed by atoms with van der Waals surface area (Å²) in [4.78, 5) is 14.4. The maximum Gasteiger partial charge on any atom is 0.239 e. The van der Waals surface area contributed by atoms with Crippen molar-refractivity contribution in [2.24, 2.45) is 5.92 Å². The number of hydrogen-bond acceptors (Lipinski definition) is 3. The molecule has 0 aromatic rings. The monoisotopic (exact) mass is 282 g/mol. The first-order chi connectivity index (χ1) is 9.54. The third-order valence-electron chi connectivity index (χ3n) is 4.72. The molecule has 3 unspecified atom stereocenters. The van der Waals surface area contributed by atoms with Gasteiger partial charge >= 0.3 is 0 Å². The summed E-state index contributed by atoms with van der Waals surface area (Å²) >= 11 is 0. The van der Waals surface area contributed by atoms with Crippen LogP contribution in [0, 0.1) is 5.92 Å². The second kappa shape index (κ2) is 6.90. The van der Waals surface area contributed by atoms with Gasteiger partial charge in [0.1, 0.15) is 0 Å². The standard InChI is InChI=1S/C16H30N2O2/c1-3-9-17-14-7-5-10-18(15(14)19)12-16(20)8-4-6-13(2)11-16/h13-14,17,20H,3-12H2,1-2H3. The molecule has 0 spiro atoms. The van der Waals surface area contributed by atoms with E-state index in [9.17, 15) is 9.90 Å². The molecule has 0 aromatic heterocycles. The fourth-order valence-electron chi connectivity index (χ4n) is 3.74. The van der Waals surface area contributed by atoms with Crippen LogP contribution >= 0.6 is 0 Å². The molecule has 2 rings (SSSR count). The van der Waals surface area contributed by atoms with E-state index in [0.29, 0.717) is 12.5 Å². The lowest BCUT2D eigenvalue weighted by molar-refractivity contribution is -0.141. The number of rotatable bonds is 5. The Balaban J connectivity index is 1.92. The Bertz CT molecular complexity index is 334.